The first-order valence-corrected chi connectivity index (χ1v) is 7.67. The molecule has 2 atom stereocenters. The first-order chi connectivity index (χ1) is 11.0. The Labute approximate surface area is 137 Å². The lowest BCUT2D eigenvalue weighted by Gasteiger charge is -2.33. The molecule has 122 valence electrons. The highest BCUT2D eigenvalue weighted by atomic mass is 35.5. The van der Waals surface area contributed by atoms with E-state index in [4.69, 9.17) is 16.3 Å². The average molecular weight is 338 g/mol. The molecule has 2 saturated heterocycles. The Hall–Kier alpha value is -2.12. The number of carbonyl (C=O) groups excluding carboxylic acids is 3. The minimum atomic E-state index is -0.799. The molecule has 1 aromatic carbocycles. The molecule has 3 rings (SSSR count). The number of nitrogens with zero attached hydrogens (tertiary/aromatic N) is 1. The van der Waals surface area contributed by atoms with Crippen molar-refractivity contribution in [1.29, 1.82) is 0 Å². The van der Waals surface area contributed by atoms with E-state index >= 15 is 0 Å². The van der Waals surface area contributed by atoms with Gasteiger partial charge in [-0.1, -0.05) is 23.7 Å². The van der Waals surface area contributed by atoms with Crippen LogP contribution in [0.1, 0.15) is 18.1 Å². The van der Waals surface area contributed by atoms with Crippen LogP contribution in [0.4, 0.5) is 4.79 Å². The summed E-state index contributed by atoms with van der Waals surface area (Å²) < 4.78 is 5.71. The number of urea groups is 1. The lowest BCUT2D eigenvalue weighted by Crippen LogP contribution is -2.45. The van der Waals surface area contributed by atoms with E-state index in [0.29, 0.717) is 24.7 Å². The Bertz CT molecular complexity index is 634. The van der Waals surface area contributed by atoms with Gasteiger partial charge < -0.3 is 15.0 Å². The predicted octanol–water partition coefficient (Wildman–Crippen LogP) is 0.838. The summed E-state index contributed by atoms with van der Waals surface area (Å²) in [7, 11) is 0. The summed E-state index contributed by atoms with van der Waals surface area (Å²) in [6.07, 6.45) is -0.276. The zero-order valence-electron chi connectivity index (χ0n) is 12.3. The maximum atomic E-state index is 12.4. The minimum Gasteiger partial charge on any atom is -0.370 e. The number of hydrogen-bond acceptors (Lipinski definition) is 4. The molecule has 0 spiro atoms. The fraction of sp³-hybridized carbons (Fsp3) is 0.400. The van der Waals surface area contributed by atoms with Gasteiger partial charge in [-0.15, -0.1) is 0 Å². The molecule has 2 aliphatic heterocycles. The first-order valence-electron chi connectivity index (χ1n) is 7.29. The number of rotatable bonds is 3. The van der Waals surface area contributed by atoms with E-state index in [9.17, 15) is 14.4 Å². The SMILES string of the molecule is O=C1NC(=O)[C@@H](CC(=O)N2CCO[C@@H](c3ccc(Cl)cc3)C2)N1. The maximum Gasteiger partial charge on any atom is 0.322 e. The summed E-state index contributed by atoms with van der Waals surface area (Å²) >= 11 is 5.87. The van der Waals surface area contributed by atoms with Crippen molar-refractivity contribution in [2.45, 2.75) is 18.6 Å². The molecule has 7 nitrogen and oxygen atoms in total. The van der Waals surface area contributed by atoms with Crippen LogP contribution in [0, 0.1) is 0 Å². The summed E-state index contributed by atoms with van der Waals surface area (Å²) in [6, 6.07) is 5.93. The number of morpholine rings is 1. The molecule has 0 aromatic heterocycles. The molecule has 8 heteroatoms. The number of nitrogens with one attached hydrogen (secondary N) is 2. The zero-order valence-corrected chi connectivity index (χ0v) is 13.0. The van der Waals surface area contributed by atoms with Crippen molar-refractivity contribution in [2.75, 3.05) is 19.7 Å². The number of hydrogen-bond donors (Lipinski definition) is 2. The van der Waals surface area contributed by atoms with Crippen LogP contribution >= 0.6 is 11.6 Å². The Morgan fingerprint density at radius 3 is 2.70 bits per heavy atom. The van der Waals surface area contributed by atoms with Gasteiger partial charge in [0, 0.05) is 11.6 Å². The van der Waals surface area contributed by atoms with Crippen molar-refractivity contribution in [3.8, 4) is 0 Å². The van der Waals surface area contributed by atoms with Gasteiger partial charge in [-0.3, -0.25) is 14.9 Å². The number of ether oxygens (including phenoxy) is 1. The molecule has 23 heavy (non-hydrogen) atoms. The smallest absolute Gasteiger partial charge is 0.322 e. The van der Waals surface area contributed by atoms with Gasteiger partial charge in [0.15, 0.2) is 0 Å². The Morgan fingerprint density at radius 1 is 1.30 bits per heavy atom. The van der Waals surface area contributed by atoms with Crippen molar-refractivity contribution in [3.63, 3.8) is 0 Å². The van der Waals surface area contributed by atoms with Crippen LogP contribution in [0.5, 0.6) is 0 Å². The Kier molecular flexibility index (Phi) is 4.49. The van der Waals surface area contributed by atoms with E-state index in [1.54, 1.807) is 17.0 Å². The van der Waals surface area contributed by atoms with Gasteiger partial charge in [0.1, 0.15) is 12.1 Å². The van der Waals surface area contributed by atoms with Gasteiger partial charge >= 0.3 is 6.03 Å². The standard InChI is InChI=1S/C15H16ClN3O4/c16-10-3-1-9(2-4-10)12-8-19(5-6-23-12)13(20)7-11-14(21)18-15(22)17-11/h1-4,11-12H,5-8H2,(H2,17,18,21,22)/t11-,12-/m1/s1. The number of imide groups is 1. The normalized spacial score (nSPS) is 24.3. The number of benzene rings is 1. The van der Waals surface area contributed by atoms with Crippen LogP contribution in [0.3, 0.4) is 0 Å². The van der Waals surface area contributed by atoms with Crippen molar-refractivity contribution < 1.29 is 19.1 Å². The molecule has 2 heterocycles. The fourth-order valence-electron chi connectivity index (χ4n) is 2.66. The summed E-state index contributed by atoms with van der Waals surface area (Å²) in [5.74, 6) is -0.652. The molecule has 2 aliphatic rings. The third-order valence-corrected chi connectivity index (χ3v) is 4.15. The van der Waals surface area contributed by atoms with Crippen molar-refractivity contribution >= 4 is 29.4 Å². The second kappa shape index (κ2) is 6.55. The van der Waals surface area contributed by atoms with Gasteiger partial charge in [0.2, 0.25) is 5.91 Å². The van der Waals surface area contributed by atoms with Crippen molar-refractivity contribution in [2.24, 2.45) is 0 Å². The lowest BCUT2D eigenvalue weighted by molar-refractivity contribution is -0.140. The van der Waals surface area contributed by atoms with Crippen molar-refractivity contribution in [3.05, 3.63) is 34.9 Å². The van der Waals surface area contributed by atoms with E-state index in [0.717, 1.165) is 5.56 Å². The van der Waals surface area contributed by atoms with E-state index < -0.39 is 18.0 Å². The monoisotopic (exact) mass is 337 g/mol. The third kappa shape index (κ3) is 3.62. The molecule has 0 radical (unpaired) electrons. The third-order valence-electron chi connectivity index (χ3n) is 3.90. The maximum absolute atomic E-state index is 12.4. The van der Waals surface area contributed by atoms with Crippen LogP contribution in [0.25, 0.3) is 0 Å². The lowest BCUT2D eigenvalue weighted by atomic mass is 10.1. The first kappa shape index (κ1) is 15.8. The molecule has 2 fully saturated rings. The van der Waals surface area contributed by atoms with Gasteiger partial charge in [0.05, 0.1) is 19.6 Å². The number of amides is 4. The van der Waals surface area contributed by atoms with E-state index in [1.165, 1.54) is 0 Å². The average Bonchev–Trinajstić information content (AvgIpc) is 2.85. The van der Waals surface area contributed by atoms with Gasteiger partial charge in [-0.2, -0.15) is 0 Å². The molecule has 0 saturated carbocycles. The van der Waals surface area contributed by atoms with Gasteiger partial charge in [-0.05, 0) is 17.7 Å². The summed E-state index contributed by atoms with van der Waals surface area (Å²) in [6.45, 7) is 1.29. The van der Waals surface area contributed by atoms with Gasteiger partial charge in [0.25, 0.3) is 5.91 Å². The highest BCUT2D eigenvalue weighted by Crippen LogP contribution is 2.24. The van der Waals surface area contributed by atoms with Crippen LogP contribution in [0.2, 0.25) is 5.02 Å². The van der Waals surface area contributed by atoms with E-state index in [2.05, 4.69) is 10.6 Å². The number of carbonyl (C=O) groups is 3. The molecule has 0 bridgehead atoms. The molecule has 4 amide bonds. The van der Waals surface area contributed by atoms with Crippen LogP contribution in [-0.4, -0.2) is 48.5 Å². The molecule has 1 aromatic rings. The zero-order chi connectivity index (χ0) is 16.4. The van der Waals surface area contributed by atoms with E-state index in [1.807, 2.05) is 12.1 Å². The Morgan fingerprint density at radius 2 is 2.04 bits per heavy atom. The quantitative estimate of drug-likeness (QED) is 0.800. The Balaban J connectivity index is 1.61. The number of halogens is 1. The van der Waals surface area contributed by atoms with Crippen LogP contribution in [0.15, 0.2) is 24.3 Å². The predicted molar refractivity (Wildman–Crippen MR) is 81.8 cm³/mol. The highest BCUT2D eigenvalue weighted by molar-refractivity contribution is 6.30. The minimum absolute atomic E-state index is 0.0507. The van der Waals surface area contributed by atoms with Crippen molar-refractivity contribution in [1.82, 2.24) is 15.5 Å². The van der Waals surface area contributed by atoms with Crippen LogP contribution < -0.4 is 10.6 Å². The second-order valence-electron chi connectivity index (χ2n) is 5.47. The van der Waals surface area contributed by atoms with Gasteiger partial charge in [-0.25, -0.2) is 4.79 Å². The molecule has 2 N–H and O–H groups in total. The molecule has 0 unspecified atom stereocenters. The summed E-state index contributed by atoms with van der Waals surface area (Å²) in [5.41, 5.74) is 0.943. The van der Waals surface area contributed by atoms with Crippen LogP contribution in [-0.2, 0) is 14.3 Å². The topological polar surface area (TPSA) is 87.7 Å². The van der Waals surface area contributed by atoms with E-state index in [-0.39, 0.29) is 18.4 Å². The summed E-state index contributed by atoms with van der Waals surface area (Å²) in [5, 5.41) is 5.19. The molecular weight excluding hydrogens is 322 g/mol. The molecular formula is C15H16ClN3O4. The highest BCUT2D eigenvalue weighted by Gasteiger charge is 2.34. The molecule has 0 aliphatic carbocycles. The largest absolute Gasteiger partial charge is 0.370 e. The second-order valence-corrected chi connectivity index (χ2v) is 5.91. The summed E-state index contributed by atoms with van der Waals surface area (Å²) in [4.78, 5) is 36.6. The fourth-order valence-corrected chi connectivity index (χ4v) is 2.79.